The summed E-state index contributed by atoms with van der Waals surface area (Å²) in [7, 11) is 0. The lowest BCUT2D eigenvalue weighted by Gasteiger charge is -2.37. The molecule has 0 aromatic heterocycles. The quantitative estimate of drug-likeness (QED) is 0.386. The van der Waals surface area contributed by atoms with Crippen LogP contribution in [0.3, 0.4) is 0 Å². The topological polar surface area (TPSA) is 105 Å². The molecule has 4 N–H and O–H groups in total. The average Bonchev–Trinajstić information content (AvgIpc) is 3.13. The summed E-state index contributed by atoms with van der Waals surface area (Å²) in [6.45, 7) is 5.54. The molecule has 200 valence electrons. The molecule has 1 amide bonds. The Labute approximate surface area is 225 Å². The van der Waals surface area contributed by atoms with Crippen LogP contribution in [0.2, 0.25) is 10.0 Å². The number of carbonyl (C=O) groups is 1. The molecule has 0 bridgehead atoms. The van der Waals surface area contributed by atoms with Crippen molar-refractivity contribution in [2.45, 2.75) is 63.1 Å². The van der Waals surface area contributed by atoms with E-state index in [1.807, 2.05) is 20.8 Å². The van der Waals surface area contributed by atoms with Crippen molar-refractivity contribution in [3.63, 3.8) is 0 Å². The Kier molecular flexibility index (Phi) is 9.20. The zero-order chi connectivity index (χ0) is 27.5. The molecule has 0 aliphatic carbocycles. The summed E-state index contributed by atoms with van der Waals surface area (Å²) in [6, 6.07) is 8.68. The SMILES string of the molecule is CC(C)(C)CC1NC(C(=O)NCCC(O)CO)C(c2ccc(F)c(Cl)c2)C1(C#N)c1ccc(Cl)cc1F. The summed E-state index contributed by atoms with van der Waals surface area (Å²) < 4.78 is 29.6. The molecule has 1 saturated heterocycles. The van der Waals surface area contributed by atoms with Gasteiger partial charge in [0.1, 0.15) is 17.0 Å². The lowest BCUT2D eigenvalue weighted by atomic mass is 9.62. The Morgan fingerprint density at radius 2 is 1.92 bits per heavy atom. The van der Waals surface area contributed by atoms with Crippen molar-refractivity contribution in [2.24, 2.45) is 5.41 Å². The van der Waals surface area contributed by atoms with Gasteiger partial charge in [-0.3, -0.25) is 4.79 Å². The van der Waals surface area contributed by atoms with E-state index >= 15 is 4.39 Å². The number of benzene rings is 2. The van der Waals surface area contributed by atoms with Crippen molar-refractivity contribution in [1.29, 1.82) is 5.26 Å². The molecule has 0 saturated carbocycles. The zero-order valence-electron chi connectivity index (χ0n) is 20.9. The number of hydrogen-bond donors (Lipinski definition) is 4. The number of nitrogens with zero attached hydrogens (tertiary/aromatic N) is 1. The molecule has 10 heteroatoms. The standard InChI is InChI=1S/C27H31Cl2F2N3O3/c1-26(2,3)12-22-27(14-32,18-6-5-16(28)11-21(18)31)23(15-4-7-20(30)19(29)10-15)24(34-22)25(37)33-9-8-17(36)13-35/h4-7,10-11,17,22-24,34-36H,8-9,12-13H2,1-3H3,(H,33,37). The number of aliphatic hydroxyl groups is 2. The molecule has 37 heavy (non-hydrogen) atoms. The van der Waals surface area contributed by atoms with Crippen LogP contribution in [0.15, 0.2) is 36.4 Å². The molecule has 1 heterocycles. The summed E-state index contributed by atoms with van der Waals surface area (Å²) in [6.07, 6.45) is -0.484. The second kappa shape index (κ2) is 11.6. The fourth-order valence-electron chi connectivity index (χ4n) is 5.10. The van der Waals surface area contributed by atoms with E-state index in [0.29, 0.717) is 12.0 Å². The van der Waals surface area contributed by atoms with Gasteiger partial charge in [0.25, 0.3) is 0 Å². The summed E-state index contributed by atoms with van der Waals surface area (Å²) in [4.78, 5) is 13.5. The Morgan fingerprint density at radius 3 is 2.49 bits per heavy atom. The Balaban J connectivity index is 2.21. The lowest BCUT2D eigenvalue weighted by molar-refractivity contribution is -0.123. The van der Waals surface area contributed by atoms with Crippen LogP contribution < -0.4 is 10.6 Å². The first kappa shape index (κ1) is 29.3. The first-order valence-corrected chi connectivity index (χ1v) is 12.7. The van der Waals surface area contributed by atoms with Crippen LogP contribution in [-0.4, -0.2) is 47.5 Å². The summed E-state index contributed by atoms with van der Waals surface area (Å²) in [5, 5.41) is 35.5. The van der Waals surface area contributed by atoms with Gasteiger partial charge in [-0.2, -0.15) is 5.26 Å². The van der Waals surface area contributed by atoms with Gasteiger partial charge in [-0.25, -0.2) is 8.78 Å². The number of aliphatic hydroxyl groups excluding tert-OH is 2. The number of rotatable bonds is 8. The van der Waals surface area contributed by atoms with Gasteiger partial charge in [0.15, 0.2) is 0 Å². The van der Waals surface area contributed by atoms with Crippen LogP contribution in [0.5, 0.6) is 0 Å². The maximum absolute atomic E-state index is 15.5. The Hall–Kier alpha value is -2.28. The van der Waals surface area contributed by atoms with E-state index in [4.69, 9.17) is 28.3 Å². The van der Waals surface area contributed by atoms with Gasteiger partial charge in [0.05, 0.1) is 29.8 Å². The van der Waals surface area contributed by atoms with Crippen molar-refractivity contribution in [2.75, 3.05) is 13.2 Å². The van der Waals surface area contributed by atoms with E-state index < -0.39 is 53.7 Å². The highest BCUT2D eigenvalue weighted by Gasteiger charge is 2.60. The first-order valence-electron chi connectivity index (χ1n) is 12.0. The summed E-state index contributed by atoms with van der Waals surface area (Å²) in [5.74, 6) is -2.80. The minimum atomic E-state index is -1.59. The van der Waals surface area contributed by atoms with Crippen molar-refractivity contribution in [1.82, 2.24) is 10.6 Å². The molecule has 5 atom stereocenters. The van der Waals surface area contributed by atoms with Gasteiger partial charge >= 0.3 is 0 Å². The van der Waals surface area contributed by atoms with Gasteiger partial charge in [-0.05, 0) is 48.1 Å². The third-order valence-electron chi connectivity index (χ3n) is 6.71. The first-order chi connectivity index (χ1) is 17.3. The predicted molar refractivity (Wildman–Crippen MR) is 138 cm³/mol. The summed E-state index contributed by atoms with van der Waals surface area (Å²) >= 11 is 12.1. The smallest absolute Gasteiger partial charge is 0.237 e. The summed E-state index contributed by atoms with van der Waals surface area (Å²) in [5.41, 5.74) is -1.45. The van der Waals surface area contributed by atoms with E-state index in [1.54, 1.807) is 0 Å². The van der Waals surface area contributed by atoms with Gasteiger partial charge in [0.2, 0.25) is 5.91 Å². The maximum Gasteiger partial charge on any atom is 0.237 e. The van der Waals surface area contributed by atoms with Crippen LogP contribution >= 0.6 is 23.2 Å². The minimum Gasteiger partial charge on any atom is -0.394 e. The van der Waals surface area contributed by atoms with Crippen LogP contribution in [0.1, 0.15) is 50.7 Å². The maximum atomic E-state index is 15.5. The highest BCUT2D eigenvalue weighted by Crippen LogP contribution is 2.52. The number of amides is 1. The highest BCUT2D eigenvalue weighted by atomic mass is 35.5. The van der Waals surface area contributed by atoms with E-state index in [9.17, 15) is 19.6 Å². The highest BCUT2D eigenvalue weighted by molar-refractivity contribution is 6.31. The Morgan fingerprint density at radius 1 is 1.22 bits per heavy atom. The van der Waals surface area contributed by atoms with Crippen LogP contribution in [0, 0.1) is 28.4 Å². The van der Waals surface area contributed by atoms with Gasteiger partial charge in [-0.1, -0.05) is 56.1 Å². The Bertz CT molecular complexity index is 1180. The fourth-order valence-corrected chi connectivity index (χ4v) is 5.44. The molecular formula is C27H31Cl2F2N3O3. The molecule has 0 spiro atoms. The van der Waals surface area contributed by atoms with Crippen molar-refractivity contribution < 1.29 is 23.8 Å². The van der Waals surface area contributed by atoms with Gasteiger partial charge in [0, 0.05) is 29.1 Å². The molecule has 1 aliphatic heterocycles. The van der Waals surface area contributed by atoms with Crippen molar-refractivity contribution >= 4 is 29.1 Å². The molecule has 6 nitrogen and oxygen atoms in total. The van der Waals surface area contributed by atoms with Crippen LogP contribution in [0.25, 0.3) is 0 Å². The number of nitriles is 1. The second-order valence-corrected chi connectivity index (χ2v) is 11.5. The predicted octanol–water partition coefficient (Wildman–Crippen LogP) is 4.45. The van der Waals surface area contributed by atoms with Crippen molar-refractivity contribution in [3.05, 3.63) is 69.2 Å². The average molecular weight is 554 g/mol. The zero-order valence-corrected chi connectivity index (χ0v) is 22.4. The van der Waals surface area contributed by atoms with Crippen molar-refractivity contribution in [3.8, 4) is 6.07 Å². The van der Waals surface area contributed by atoms with E-state index in [1.165, 1.54) is 24.3 Å². The van der Waals surface area contributed by atoms with E-state index in [-0.39, 0.29) is 34.0 Å². The molecular weight excluding hydrogens is 523 g/mol. The van der Waals surface area contributed by atoms with Gasteiger partial charge < -0.3 is 20.8 Å². The number of halogens is 4. The molecule has 5 unspecified atom stereocenters. The molecule has 3 rings (SSSR count). The molecule has 1 fully saturated rings. The third-order valence-corrected chi connectivity index (χ3v) is 7.23. The normalized spacial score (nSPS) is 24.5. The number of nitrogens with one attached hydrogen (secondary N) is 2. The van der Waals surface area contributed by atoms with Crippen LogP contribution in [-0.2, 0) is 10.2 Å². The van der Waals surface area contributed by atoms with E-state index in [2.05, 4.69) is 16.7 Å². The van der Waals surface area contributed by atoms with Crippen LogP contribution in [0.4, 0.5) is 8.78 Å². The molecule has 1 aliphatic rings. The fraction of sp³-hybridized carbons (Fsp3) is 0.481. The molecule has 2 aromatic carbocycles. The monoisotopic (exact) mass is 553 g/mol. The lowest BCUT2D eigenvalue weighted by Crippen LogP contribution is -2.46. The number of hydrogen-bond acceptors (Lipinski definition) is 5. The number of carbonyl (C=O) groups excluding carboxylic acids is 1. The molecule has 2 aromatic rings. The largest absolute Gasteiger partial charge is 0.394 e. The second-order valence-electron chi connectivity index (χ2n) is 10.6. The molecule has 0 radical (unpaired) electrons. The minimum absolute atomic E-state index is 0.0639. The third kappa shape index (κ3) is 6.24. The van der Waals surface area contributed by atoms with E-state index in [0.717, 1.165) is 12.1 Å². The van der Waals surface area contributed by atoms with Gasteiger partial charge in [-0.15, -0.1) is 0 Å².